The fourth-order valence-electron chi connectivity index (χ4n) is 5.02. The molecule has 2 heterocycles. The lowest BCUT2D eigenvalue weighted by Gasteiger charge is -2.51. The predicted molar refractivity (Wildman–Crippen MR) is 80.3 cm³/mol. The molecule has 0 saturated heterocycles. The van der Waals surface area contributed by atoms with Crippen LogP contribution in [0.3, 0.4) is 0 Å². The molecule has 2 aromatic rings. The van der Waals surface area contributed by atoms with E-state index in [-0.39, 0.29) is 10.8 Å². The van der Waals surface area contributed by atoms with E-state index < -0.39 is 0 Å². The van der Waals surface area contributed by atoms with E-state index in [1.54, 1.807) is 0 Å². The highest BCUT2D eigenvalue weighted by atomic mass is 16.5. The smallest absolute Gasteiger partial charge is 0.145 e. The van der Waals surface area contributed by atoms with Gasteiger partial charge in [0, 0.05) is 29.1 Å². The van der Waals surface area contributed by atoms with Gasteiger partial charge in [0.05, 0.1) is 11.9 Å². The Hall–Kier alpha value is -1.58. The minimum atomic E-state index is 0.0158. The molecule has 0 saturated carbocycles. The lowest BCUT2D eigenvalue weighted by atomic mass is 9.51. The first-order chi connectivity index (χ1) is 9.85. The zero-order chi connectivity index (χ0) is 15.0. The number of fused-ring (bicyclic) bond motifs is 4. The maximum Gasteiger partial charge on any atom is 0.145 e. The van der Waals surface area contributed by atoms with E-state index in [0.717, 1.165) is 18.6 Å². The van der Waals surface area contributed by atoms with Crippen molar-refractivity contribution >= 4 is 0 Å². The van der Waals surface area contributed by atoms with Crippen LogP contribution in [0.15, 0.2) is 10.7 Å². The van der Waals surface area contributed by atoms with Crippen molar-refractivity contribution in [3.63, 3.8) is 0 Å². The van der Waals surface area contributed by atoms with E-state index in [2.05, 4.69) is 44.6 Å². The summed E-state index contributed by atoms with van der Waals surface area (Å²) >= 11 is 0. The highest BCUT2D eigenvalue weighted by Crippen LogP contribution is 2.56. The highest BCUT2D eigenvalue weighted by Gasteiger charge is 2.55. The molecule has 0 spiro atoms. The van der Waals surface area contributed by atoms with Gasteiger partial charge in [0.1, 0.15) is 5.76 Å². The van der Waals surface area contributed by atoms with Gasteiger partial charge in [0.25, 0.3) is 0 Å². The van der Waals surface area contributed by atoms with Gasteiger partial charge < -0.3 is 4.52 Å². The van der Waals surface area contributed by atoms with Crippen molar-refractivity contribution in [2.75, 3.05) is 0 Å². The highest BCUT2D eigenvalue weighted by molar-refractivity contribution is 5.42. The first-order valence-electron chi connectivity index (χ1n) is 7.82. The van der Waals surface area contributed by atoms with Crippen LogP contribution in [0.2, 0.25) is 0 Å². The van der Waals surface area contributed by atoms with E-state index in [4.69, 9.17) is 9.62 Å². The maximum atomic E-state index is 5.61. The van der Waals surface area contributed by atoms with Crippen LogP contribution in [0, 0.1) is 12.8 Å². The normalized spacial score (nSPS) is 29.7. The molecule has 0 bridgehead atoms. The SMILES string of the molecule is Cc1c2c(nn1C)[C@@]1(C)Cc3cnoc3C(C)(C)[C@@H]1CC2. The molecule has 4 nitrogen and oxygen atoms in total. The quantitative estimate of drug-likeness (QED) is 0.747. The minimum Gasteiger partial charge on any atom is -0.361 e. The average molecular weight is 285 g/mol. The Bertz CT molecular complexity index is 724. The third-order valence-electron chi connectivity index (χ3n) is 6.11. The Morgan fingerprint density at radius 2 is 2.10 bits per heavy atom. The van der Waals surface area contributed by atoms with Gasteiger partial charge in [-0.25, -0.2) is 0 Å². The second-order valence-corrected chi connectivity index (χ2v) is 7.62. The van der Waals surface area contributed by atoms with E-state index >= 15 is 0 Å². The summed E-state index contributed by atoms with van der Waals surface area (Å²) in [6, 6.07) is 0. The summed E-state index contributed by atoms with van der Waals surface area (Å²) in [6.45, 7) is 9.19. The average Bonchev–Trinajstić information content (AvgIpc) is 2.97. The molecule has 2 aromatic heterocycles. The number of nitrogens with zero attached hydrogens (tertiary/aromatic N) is 3. The van der Waals surface area contributed by atoms with Gasteiger partial charge in [-0.05, 0) is 37.7 Å². The molecular formula is C17H23N3O. The van der Waals surface area contributed by atoms with Crippen molar-refractivity contribution in [2.24, 2.45) is 13.0 Å². The van der Waals surface area contributed by atoms with Crippen molar-refractivity contribution in [1.29, 1.82) is 0 Å². The van der Waals surface area contributed by atoms with Gasteiger partial charge in [-0.1, -0.05) is 25.9 Å². The van der Waals surface area contributed by atoms with Gasteiger partial charge in [-0.3, -0.25) is 4.68 Å². The first-order valence-corrected chi connectivity index (χ1v) is 7.82. The summed E-state index contributed by atoms with van der Waals surface area (Å²) in [5, 5.41) is 8.96. The van der Waals surface area contributed by atoms with E-state index in [1.165, 1.54) is 28.9 Å². The van der Waals surface area contributed by atoms with E-state index in [0.29, 0.717) is 5.92 Å². The van der Waals surface area contributed by atoms with Crippen LogP contribution in [0.25, 0.3) is 0 Å². The van der Waals surface area contributed by atoms with Crippen LogP contribution in [-0.2, 0) is 30.7 Å². The Kier molecular flexibility index (Phi) is 2.36. The van der Waals surface area contributed by atoms with Crippen LogP contribution < -0.4 is 0 Å². The molecule has 21 heavy (non-hydrogen) atoms. The van der Waals surface area contributed by atoms with Crippen LogP contribution >= 0.6 is 0 Å². The summed E-state index contributed by atoms with van der Waals surface area (Å²) in [7, 11) is 2.06. The van der Waals surface area contributed by atoms with Gasteiger partial charge >= 0.3 is 0 Å². The molecule has 2 atom stereocenters. The van der Waals surface area contributed by atoms with Crippen molar-refractivity contribution < 1.29 is 4.52 Å². The Morgan fingerprint density at radius 3 is 2.86 bits per heavy atom. The predicted octanol–water partition coefficient (Wildman–Crippen LogP) is 3.07. The maximum absolute atomic E-state index is 5.61. The number of hydrogen-bond acceptors (Lipinski definition) is 3. The summed E-state index contributed by atoms with van der Waals surface area (Å²) in [6.07, 6.45) is 5.22. The summed E-state index contributed by atoms with van der Waals surface area (Å²) in [5.74, 6) is 1.63. The van der Waals surface area contributed by atoms with Gasteiger partial charge in [0.2, 0.25) is 0 Å². The van der Waals surface area contributed by atoms with Crippen LogP contribution in [0.5, 0.6) is 0 Å². The molecule has 0 fully saturated rings. The molecule has 112 valence electrons. The van der Waals surface area contributed by atoms with Crippen molar-refractivity contribution in [1.82, 2.24) is 14.9 Å². The Balaban J connectivity index is 1.96. The van der Waals surface area contributed by atoms with Crippen LogP contribution in [-0.4, -0.2) is 14.9 Å². The monoisotopic (exact) mass is 285 g/mol. The number of hydrogen-bond donors (Lipinski definition) is 0. The van der Waals surface area contributed by atoms with Crippen molar-refractivity contribution in [3.8, 4) is 0 Å². The molecular weight excluding hydrogens is 262 g/mol. The lowest BCUT2D eigenvalue weighted by molar-refractivity contribution is 0.109. The summed E-state index contributed by atoms with van der Waals surface area (Å²) in [4.78, 5) is 0. The van der Waals surface area contributed by atoms with Crippen LogP contribution in [0.1, 0.15) is 55.5 Å². The van der Waals surface area contributed by atoms with Gasteiger partial charge in [-0.2, -0.15) is 5.10 Å². The molecule has 0 amide bonds. The molecule has 0 aliphatic heterocycles. The molecule has 4 rings (SSSR count). The topological polar surface area (TPSA) is 43.9 Å². The largest absolute Gasteiger partial charge is 0.361 e. The van der Waals surface area contributed by atoms with E-state index in [9.17, 15) is 0 Å². The number of rotatable bonds is 0. The number of aryl methyl sites for hydroxylation is 1. The van der Waals surface area contributed by atoms with Gasteiger partial charge in [0.15, 0.2) is 0 Å². The number of aromatic nitrogens is 3. The third kappa shape index (κ3) is 1.46. The van der Waals surface area contributed by atoms with Crippen molar-refractivity contribution in [2.45, 2.75) is 57.8 Å². The minimum absolute atomic E-state index is 0.0158. The molecule has 0 unspecified atom stereocenters. The molecule has 0 aromatic carbocycles. The van der Waals surface area contributed by atoms with Gasteiger partial charge in [-0.15, -0.1) is 0 Å². The second-order valence-electron chi connectivity index (χ2n) is 7.62. The lowest BCUT2D eigenvalue weighted by Crippen LogP contribution is -2.51. The fraction of sp³-hybridized carbons (Fsp3) is 0.647. The van der Waals surface area contributed by atoms with Crippen molar-refractivity contribution in [3.05, 3.63) is 34.5 Å². The molecule has 2 aliphatic carbocycles. The third-order valence-corrected chi connectivity index (χ3v) is 6.11. The van der Waals surface area contributed by atoms with E-state index in [1.807, 2.05) is 6.20 Å². The van der Waals surface area contributed by atoms with Crippen LogP contribution in [0.4, 0.5) is 0 Å². The zero-order valence-electron chi connectivity index (χ0n) is 13.5. The standard InChI is InChI=1S/C17H23N3O/c1-10-12-6-7-13-16(2,3)15-11(9-18-21-15)8-17(13,4)14(12)19-20(10)5/h9,13H,6-8H2,1-5H3/t13-,17-/m0/s1. The molecule has 2 aliphatic rings. The second kappa shape index (κ2) is 3.79. The summed E-state index contributed by atoms with van der Waals surface area (Å²) in [5.41, 5.74) is 5.45. The molecule has 0 radical (unpaired) electrons. The first kappa shape index (κ1) is 13.1. The zero-order valence-corrected chi connectivity index (χ0v) is 13.5. The summed E-state index contributed by atoms with van der Waals surface area (Å²) < 4.78 is 7.66. The fourth-order valence-corrected chi connectivity index (χ4v) is 5.02. The Morgan fingerprint density at radius 1 is 1.33 bits per heavy atom. The Labute approximate surface area is 125 Å². The molecule has 0 N–H and O–H groups in total. The molecule has 4 heteroatoms.